The number of carboxylic acids is 1. The van der Waals surface area contributed by atoms with Gasteiger partial charge in [0.2, 0.25) is 0 Å². The third-order valence-corrected chi connectivity index (χ3v) is 3.29. The first-order valence-electron chi connectivity index (χ1n) is 6.03. The van der Waals surface area contributed by atoms with Crippen molar-refractivity contribution in [1.82, 2.24) is 4.90 Å². The molecule has 1 fully saturated rings. The Morgan fingerprint density at radius 1 is 1.16 bits per heavy atom. The minimum Gasteiger partial charge on any atom is -0.480 e. The van der Waals surface area contributed by atoms with Crippen molar-refractivity contribution in [1.29, 1.82) is 0 Å². The molecule has 1 aromatic rings. The molecule has 0 bridgehead atoms. The average molecular weight is 273 g/mol. The monoisotopic (exact) mass is 273 g/mol. The van der Waals surface area contributed by atoms with Crippen molar-refractivity contribution < 1.29 is 23.1 Å². The van der Waals surface area contributed by atoms with E-state index < -0.39 is 23.8 Å². The largest absolute Gasteiger partial charge is 0.480 e. The molecular weight excluding hydrogens is 259 g/mol. The van der Waals surface area contributed by atoms with Crippen LogP contribution in [0, 0.1) is 0 Å². The highest BCUT2D eigenvalue weighted by molar-refractivity contribution is 5.75. The van der Waals surface area contributed by atoms with Crippen LogP contribution in [0.2, 0.25) is 0 Å². The van der Waals surface area contributed by atoms with Crippen LogP contribution in [0.5, 0.6) is 0 Å². The second kappa shape index (κ2) is 5.21. The molecule has 1 aromatic carbocycles. The van der Waals surface area contributed by atoms with Gasteiger partial charge in [-0.15, -0.1) is 0 Å². The fourth-order valence-electron chi connectivity index (χ4n) is 2.36. The SMILES string of the molecule is O=C(O)C(c1ccc(C(F)(F)F)cc1)N1CCCC1. The number of nitrogens with zero attached hydrogens (tertiary/aromatic N) is 1. The Labute approximate surface area is 108 Å². The smallest absolute Gasteiger partial charge is 0.416 e. The molecule has 1 aliphatic rings. The molecule has 3 nitrogen and oxygen atoms in total. The van der Waals surface area contributed by atoms with Crippen LogP contribution in [0.15, 0.2) is 24.3 Å². The second-order valence-electron chi connectivity index (χ2n) is 4.60. The van der Waals surface area contributed by atoms with Crippen molar-refractivity contribution in [2.24, 2.45) is 0 Å². The summed E-state index contributed by atoms with van der Waals surface area (Å²) in [5.74, 6) is -1.03. The zero-order valence-corrected chi connectivity index (χ0v) is 10.2. The Balaban J connectivity index is 2.25. The van der Waals surface area contributed by atoms with E-state index in [-0.39, 0.29) is 0 Å². The van der Waals surface area contributed by atoms with Gasteiger partial charge in [0, 0.05) is 0 Å². The number of aliphatic carboxylic acids is 1. The number of carboxylic acid groups (broad SMARTS) is 1. The van der Waals surface area contributed by atoms with Crippen LogP contribution in [0.3, 0.4) is 0 Å². The van der Waals surface area contributed by atoms with Crippen LogP contribution in [0.25, 0.3) is 0 Å². The van der Waals surface area contributed by atoms with E-state index in [0.717, 1.165) is 25.0 Å². The summed E-state index contributed by atoms with van der Waals surface area (Å²) in [7, 11) is 0. The summed E-state index contributed by atoms with van der Waals surface area (Å²) in [5.41, 5.74) is -0.371. The van der Waals surface area contributed by atoms with Gasteiger partial charge >= 0.3 is 12.1 Å². The lowest BCUT2D eigenvalue weighted by Crippen LogP contribution is -2.31. The van der Waals surface area contributed by atoms with Gasteiger partial charge in [-0.2, -0.15) is 13.2 Å². The van der Waals surface area contributed by atoms with Gasteiger partial charge in [0.1, 0.15) is 6.04 Å². The summed E-state index contributed by atoms with van der Waals surface area (Å²) < 4.78 is 37.4. The van der Waals surface area contributed by atoms with Crippen molar-refractivity contribution in [2.45, 2.75) is 25.1 Å². The van der Waals surface area contributed by atoms with Gasteiger partial charge in [0.05, 0.1) is 5.56 Å². The van der Waals surface area contributed by atoms with Gasteiger partial charge in [0.15, 0.2) is 0 Å². The average Bonchev–Trinajstić information content (AvgIpc) is 2.82. The zero-order valence-electron chi connectivity index (χ0n) is 10.2. The number of benzene rings is 1. The molecule has 0 saturated carbocycles. The maximum absolute atomic E-state index is 12.5. The molecule has 6 heteroatoms. The standard InChI is InChI=1S/C13H14F3NO2/c14-13(15,16)10-5-3-9(4-6-10)11(12(18)19)17-7-1-2-8-17/h3-6,11H,1-2,7-8H2,(H,18,19). The molecule has 1 saturated heterocycles. The summed E-state index contributed by atoms with van der Waals surface area (Å²) in [6, 6.07) is 3.51. The first kappa shape index (κ1) is 13.9. The Kier molecular flexibility index (Phi) is 3.80. The minimum absolute atomic E-state index is 0.391. The molecule has 19 heavy (non-hydrogen) atoms. The van der Waals surface area contributed by atoms with E-state index in [1.54, 1.807) is 4.90 Å². The van der Waals surface area contributed by atoms with E-state index in [1.165, 1.54) is 12.1 Å². The molecule has 104 valence electrons. The number of carbonyl (C=O) groups is 1. The van der Waals surface area contributed by atoms with E-state index in [2.05, 4.69) is 0 Å². The summed E-state index contributed by atoms with van der Waals surface area (Å²) in [5, 5.41) is 9.25. The molecule has 2 rings (SSSR count). The lowest BCUT2D eigenvalue weighted by atomic mass is 10.0. The van der Waals surface area contributed by atoms with Crippen LogP contribution >= 0.6 is 0 Å². The van der Waals surface area contributed by atoms with Crippen molar-refractivity contribution >= 4 is 5.97 Å². The number of hydrogen-bond donors (Lipinski definition) is 1. The quantitative estimate of drug-likeness (QED) is 0.920. The van der Waals surface area contributed by atoms with Crippen molar-refractivity contribution in [3.8, 4) is 0 Å². The Morgan fingerprint density at radius 2 is 1.68 bits per heavy atom. The van der Waals surface area contributed by atoms with E-state index in [0.29, 0.717) is 18.7 Å². The summed E-state index contributed by atoms with van der Waals surface area (Å²) in [6.45, 7) is 1.33. The fourth-order valence-corrected chi connectivity index (χ4v) is 2.36. The number of halogens is 3. The predicted octanol–water partition coefficient (Wildman–Crippen LogP) is 2.93. The first-order valence-corrected chi connectivity index (χ1v) is 6.03. The van der Waals surface area contributed by atoms with Crippen LogP contribution in [-0.4, -0.2) is 29.1 Å². The Bertz CT molecular complexity index is 450. The third kappa shape index (κ3) is 3.07. The third-order valence-electron chi connectivity index (χ3n) is 3.29. The summed E-state index contributed by atoms with van der Waals surface area (Å²) in [6.07, 6.45) is -2.56. The maximum atomic E-state index is 12.5. The van der Waals surface area contributed by atoms with Crippen LogP contribution in [-0.2, 0) is 11.0 Å². The van der Waals surface area contributed by atoms with Gasteiger partial charge in [-0.3, -0.25) is 9.69 Å². The molecule has 0 aromatic heterocycles. The van der Waals surface area contributed by atoms with Gasteiger partial charge < -0.3 is 5.11 Å². The molecule has 0 aliphatic carbocycles. The summed E-state index contributed by atoms with van der Waals surface area (Å²) in [4.78, 5) is 13.1. The van der Waals surface area contributed by atoms with Gasteiger partial charge in [0.25, 0.3) is 0 Å². The zero-order chi connectivity index (χ0) is 14.0. The number of hydrogen-bond acceptors (Lipinski definition) is 2. The van der Waals surface area contributed by atoms with E-state index in [4.69, 9.17) is 0 Å². The topological polar surface area (TPSA) is 40.5 Å². The van der Waals surface area contributed by atoms with Crippen molar-refractivity contribution in [3.63, 3.8) is 0 Å². The highest BCUT2D eigenvalue weighted by Gasteiger charge is 2.32. The molecular formula is C13H14F3NO2. The predicted molar refractivity (Wildman–Crippen MR) is 62.6 cm³/mol. The maximum Gasteiger partial charge on any atom is 0.416 e. The molecule has 1 unspecified atom stereocenters. The van der Waals surface area contributed by atoms with Gasteiger partial charge in [-0.1, -0.05) is 12.1 Å². The van der Waals surface area contributed by atoms with E-state index >= 15 is 0 Å². The highest BCUT2D eigenvalue weighted by atomic mass is 19.4. The summed E-state index contributed by atoms with van der Waals surface area (Å²) >= 11 is 0. The van der Waals surface area contributed by atoms with Crippen LogP contribution in [0.4, 0.5) is 13.2 Å². The van der Waals surface area contributed by atoms with Crippen molar-refractivity contribution in [2.75, 3.05) is 13.1 Å². The van der Waals surface area contributed by atoms with Gasteiger partial charge in [-0.05, 0) is 43.6 Å². The lowest BCUT2D eigenvalue weighted by Gasteiger charge is -2.24. The second-order valence-corrected chi connectivity index (χ2v) is 4.60. The fraction of sp³-hybridized carbons (Fsp3) is 0.462. The normalized spacial score (nSPS) is 18.5. The highest BCUT2D eigenvalue weighted by Crippen LogP contribution is 2.31. The lowest BCUT2D eigenvalue weighted by molar-refractivity contribution is -0.143. The molecule has 0 radical (unpaired) electrons. The van der Waals surface area contributed by atoms with E-state index in [9.17, 15) is 23.1 Å². The van der Waals surface area contributed by atoms with Crippen LogP contribution < -0.4 is 0 Å². The number of rotatable bonds is 3. The molecule has 1 atom stereocenters. The molecule has 1 aliphatic heterocycles. The van der Waals surface area contributed by atoms with E-state index in [1.807, 2.05) is 0 Å². The van der Waals surface area contributed by atoms with Gasteiger partial charge in [-0.25, -0.2) is 0 Å². The molecule has 0 amide bonds. The number of likely N-dealkylation sites (tertiary alicyclic amines) is 1. The van der Waals surface area contributed by atoms with Crippen LogP contribution in [0.1, 0.15) is 30.0 Å². The Hall–Kier alpha value is -1.56. The molecule has 1 heterocycles. The minimum atomic E-state index is -4.40. The Morgan fingerprint density at radius 3 is 2.11 bits per heavy atom. The van der Waals surface area contributed by atoms with Crippen molar-refractivity contribution in [3.05, 3.63) is 35.4 Å². The number of alkyl halides is 3. The molecule has 1 N–H and O–H groups in total. The molecule has 0 spiro atoms. The first-order chi connectivity index (χ1) is 8.89.